The van der Waals surface area contributed by atoms with E-state index in [1.54, 1.807) is 0 Å². The van der Waals surface area contributed by atoms with Crippen molar-refractivity contribution in [2.45, 2.75) is 6.10 Å². The molecular weight excluding hydrogens is 210 g/mol. The summed E-state index contributed by atoms with van der Waals surface area (Å²) in [5.41, 5.74) is -0.815. The molecule has 1 aromatic carbocycles. The number of aliphatic carboxylic acids is 1. The number of aromatic hydroxyl groups is 1. The minimum atomic E-state index is -1.78. The second-order valence-corrected chi connectivity index (χ2v) is 2.75. The fourth-order valence-corrected chi connectivity index (χ4v) is 1.14. The van der Waals surface area contributed by atoms with Gasteiger partial charge in [0.15, 0.2) is 17.7 Å². The highest BCUT2D eigenvalue weighted by Gasteiger charge is 2.28. The van der Waals surface area contributed by atoms with Crippen molar-refractivity contribution >= 4 is 5.97 Å². The first-order valence-corrected chi connectivity index (χ1v) is 3.91. The number of methoxy groups -OCH3 is 1. The van der Waals surface area contributed by atoms with Gasteiger partial charge in [-0.2, -0.15) is 0 Å². The van der Waals surface area contributed by atoms with Crippen molar-refractivity contribution in [2.75, 3.05) is 7.11 Å². The van der Waals surface area contributed by atoms with Crippen molar-refractivity contribution in [3.8, 4) is 5.75 Å². The van der Waals surface area contributed by atoms with E-state index in [4.69, 9.17) is 10.2 Å². The Morgan fingerprint density at radius 3 is 2.53 bits per heavy atom. The molecule has 0 amide bonds. The molecule has 2 N–H and O–H groups in total. The Morgan fingerprint density at radius 2 is 2.07 bits per heavy atom. The number of carboxylic acid groups (broad SMARTS) is 1. The Morgan fingerprint density at radius 1 is 1.47 bits per heavy atom. The normalized spacial score (nSPS) is 12.5. The average Bonchev–Trinajstić information content (AvgIpc) is 2.18. The van der Waals surface area contributed by atoms with Crippen molar-refractivity contribution in [3.63, 3.8) is 0 Å². The van der Waals surface area contributed by atoms with Crippen molar-refractivity contribution < 1.29 is 28.5 Å². The number of hydrogen-bond acceptors (Lipinski definition) is 3. The maximum absolute atomic E-state index is 13.2. The zero-order chi connectivity index (χ0) is 11.6. The minimum Gasteiger partial charge on any atom is -0.505 e. The molecule has 1 rings (SSSR count). The van der Waals surface area contributed by atoms with E-state index in [0.717, 1.165) is 19.2 Å². The first kappa shape index (κ1) is 11.4. The summed E-state index contributed by atoms with van der Waals surface area (Å²) in [6, 6.07) is 1.56. The molecule has 15 heavy (non-hydrogen) atoms. The van der Waals surface area contributed by atoms with Crippen molar-refractivity contribution in [1.82, 2.24) is 0 Å². The van der Waals surface area contributed by atoms with Crippen LogP contribution in [0.2, 0.25) is 0 Å². The minimum absolute atomic E-state index is 0.767. The Balaban J connectivity index is 3.34. The number of phenolic OH excluding ortho intramolecular Hbond substituents is 1. The number of phenols is 1. The molecule has 0 aliphatic rings. The number of hydrogen-bond donors (Lipinski definition) is 2. The highest BCUT2D eigenvalue weighted by Crippen LogP contribution is 2.28. The second-order valence-electron chi connectivity index (χ2n) is 2.75. The van der Waals surface area contributed by atoms with E-state index < -0.39 is 35.0 Å². The molecule has 0 bridgehead atoms. The highest BCUT2D eigenvalue weighted by molar-refractivity contribution is 5.74. The van der Waals surface area contributed by atoms with Gasteiger partial charge in [-0.3, -0.25) is 0 Å². The molecule has 0 aromatic heterocycles. The summed E-state index contributed by atoms with van der Waals surface area (Å²) in [4.78, 5) is 10.6. The third-order valence-corrected chi connectivity index (χ3v) is 1.83. The number of rotatable bonds is 3. The van der Waals surface area contributed by atoms with E-state index >= 15 is 0 Å². The molecule has 0 spiro atoms. The van der Waals surface area contributed by atoms with Crippen LogP contribution in [0.4, 0.5) is 8.78 Å². The van der Waals surface area contributed by atoms with Gasteiger partial charge in [0, 0.05) is 7.11 Å². The first-order chi connectivity index (χ1) is 6.99. The van der Waals surface area contributed by atoms with Crippen LogP contribution >= 0.6 is 0 Å². The number of carboxylic acids is 1. The van der Waals surface area contributed by atoms with Gasteiger partial charge in [0.05, 0.1) is 5.56 Å². The summed E-state index contributed by atoms with van der Waals surface area (Å²) in [5.74, 6) is -4.78. The van der Waals surface area contributed by atoms with Gasteiger partial charge in [0.2, 0.25) is 0 Å². The molecule has 4 nitrogen and oxygen atoms in total. The molecule has 0 heterocycles. The third kappa shape index (κ3) is 2.04. The van der Waals surface area contributed by atoms with Crippen LogP contribution < -0.4 is 0 Å². The lowest BCUT2D eigenvalue weighted by Gasteiger charge is -2.13. The van der Waals surface area contributed by atoms with E-state index in [0.29, 0.717) is 0 Å². The zero-order valence-electron chi connectivity index (χ0n) is 7.70. The Kier molecular flexibility index (Phi) is 3.21. The zero-order valence-corrected chi connectivity index (χ0v) is 7.70. The molecule has 1 unspecified atom stereocenters. The van der Waals surface area contributed by atoms with E-state index in [9.17, 15) is 13.6 Å². The Labute approximate surface area is 83.7 Å². The van der Waals surface area contributed by atoms with Gasteiger partial charge in [0.1, 0.15) is 5.82 Å². The largest absolute Gasteiger partial charge is 0.505 e. The predicted octanol–water partition coefficient (Wildman–Crippen LogP) is 1.44. The molecule has 82 valence electrons. The lowest BCUT2D eigenvalue weighted by atomic mass is 10.1. The highest BCUT2D eigenvalue weighted by atomic mass is 19.1. The van der Waals surface area contributed by atoms with E-state index in [2.05, 4.69) is 4.74 Å². The molecule has 0 aliphatic heterocycles. The summed E-state index contributed by atoms with van der Waals surface area (Å²) in [6.07, 6.45) is -1.78. The van der Waals surface area contributed by atoms with Crippen LogP contribution in [0.15, 0.2) is 12.1 Å². The molecular formula is C9H8F2O4. The maximum atomic E-state index is 13.2. The van der Waals surface area contributed by atoms with Crippen LogP contribution in [0.1, 0.15) is 11.7 Å². The van der Waals surface area contributed by atoms with Crippen LogP contribution in [0, 0.1) is 11.6 Å². The SMILES string of the molecule is COC(C(=O)O)c1c(F)ccc(O)c1F. The molecule has 1 atom stereocenters. The van der Waals surface area contributed by atoms with Crippen LogP contribution in [0.5, 0.6) is 5.75 Å². The number of carbonyl (C=O) groups is 1. The standard InChI is InChI=1S/C9H8F2O4/c1-15-8(9(13)14)6-4(10)2-3-5(12)7(6)11/h2-3,8,12H,1H3,(H,13,14). The number of benzene rings is 1. The van der Waals surface area contributed by atoms with Crippen molar-refractivity contribution in [1.29, 1.82) is 0 Å². The van der Waals surface area contributed by atoms with Gasteiger partial charge in [-0.15, -0.1) is 0 Å². The van der Waals surface area contributed by atoms with Gasteiger partial charge in [0.25, 0.3) is 0 Å². The van der Waals surface area contributed by atoms with Crippen molar-refractivity contribution in [3.05, 3.63) is 29.3 Å². The molecule has 6 heteroatoms. The summed E-state index contributed by atoms with van der Waals surface area (Å²) in [5, 5.41) is 17.6. The van der Waals surface area contributed by atoms with Gasteiger partial charge in [-0.05, 0) is 12.1 Å². The number of ether oxygens (including phenoxy) is 1. The third-order valence-electron chi connectivity index (χ3n) is 1.83. The average molecular weight is 218 g/mol. The fraction of sp³-hybridized carbons (Fsp3) is 0.222. The van der Waals surface area contributed by atoms with Gasteiger partial charge < -0.3 is 14.9 Å². The maximum Gasteiger partial charge on any atom is 0.337 e. The monoisotopic (exact) mass is 218 g/mol. The van der Waals surface area contributed by atoms with Crippen molar-refractivity contribution in [2.24, 2.45) is 0 Å². The quantitative estimate of drug-likeness (QED) is 0.805. The van der Waals surface area contributed by atoms with Gasteiger partial charge in [-0.25, -0.2) is 13.6 Å². The van der Waals surface area contributed by atoms with Crippen LogP contribution in [0.3, 0.4) is 0 Å². The molecule has 1 aromatic rings. The van der Waals surface area contributed by atoms with Crippen LogP contribution in [-0.2, 0) is 9.53 Å². The molecule has 0 saturated carbocycles. The second kappa shape index (κ2) is 4.22. The lowest BCUT2D eigenvalue weighted by molar-refractivity contribution is -0.149. The molecule has 0 aliphatic carbocycles. The number of halogens is 2. The van der Waals surface area contributed by atoms with Gasteiger partial charge in [-0.1, -0.05) is 0 Å². The topological polar surface area (TPSA) is 66.8 Å². The van der Waals surface area contributed by atoms with Gasteiger partial charge >= 0.3 is 5.97 Å². The smallest absolute Gasteiger partial charge is 0.337 e. The summed E-state index contributed by atoms with van der Waals surface area (Å²) in [6.45, 7) is 0. The summed E-state index contributed by atoms with van der Waals surface area (Å²) in [7, 11) is 1.00. The summed E-state index contributed by atoms with van der Waals surface area (Å²) >= 11 is 0. The fourth-order valence-electron chi connectivity index (χ4n) is 1.14. The predicted molar refractivity (Wildman–Crippen MR) is 45.4 cm³/mol. The molecule has 0 radical (unpaired) electrons. The molecule has 0 fully saturated rings. The Bertz CT molecular complexity index is 392. The van der Waals surface area contributed by atoms with E-state index in [-0.39, 0.29) is 0 Å². The Hall–Kier alpha value is -1.69. The van der Waals surface area contributed by atoms with E-state index in [1.165, 1.54) is 0 Å². The van der Waals surface area contributed by atoms with Crippen LogP contribution in [-0.4, -0.2) is 23.3 Å². The first-order valence-electron chi connectivity index (χ1n) is 3.91. The van der Waals surface area contributed by atoms with E-state index in [1.807, 2.05) is 0 Å². The summed E-state index contributed by atoms with van der Waals surface area (Å²) < 4.78 is 30.8. The van der Waals surface area contributed by atoms with Crippen LogP contribution in [0.25, 0.3) is 0 Å². The molecule has 0 saturated heterocycles. The lowest BCUT2D eigenvalue weighted by Crippen LogP contribution is -2.16.